The van der Waals surface area contributed by atoms with E-state index < -0.39 is 0 Å². The highest BCUT2D eigenvalue weighted by Crippen LogP contribution is 2.07. The normalized spacial score (nSPS) is 20.9. The molecule has 1 aliphatic rings. The first kappa shape index (κ1) is 12.2. The molecule has 0 bridgehead atoms. The van der Waals surface area contributed by atoms with Crippen LogP contribution in [0.1, 0.15) is 36.7 Å². The minimum atomic E-state index is 0.0468. The van der Waals surface area contributed by atoms with Gasteiger partial charge in [0.05, 0.1) is 0 Å². The Balaban J connectivity index is 1.96. The molecular formula is C13H21N3O. The Morgan fingerprint density at radius 1 is 1.59 bits per heavy atom. The quantitative estimate of drug-likeness (QED) is 0.831. The van der Waals surface area contributed by atoms with Crippen LogP contribution < -0.4 is 10.6 Å². The van der Waals surface area contributed by atoms with Crippen molar-refractivity contribution >= 4 is 5.91 Å². The Morgan fingerprint density at radius 3 is 3.29 bits per heavy atom. The van der Waals surface area contributed by atoms with Crippen molar-refractivity contribution in [1.82, 2.24) is 15.2 Å². The number of carbonyl (C=O) groups excluding carboxylic acids is 1. The minimum absolute atomic E-state index is 0.0468. The van der Waals surface area contributed by atoms with Crippen LogP contribution in [-0.2, 0) is 6.54 Å². The smallest absolute Gasteiger partial charge is 0.268 e. The van der Waals surface area contributed by atoms with Gasteiger partial charge in [0, 0.05) is 25.3 Å². The minimum Gasteiger partial charge on any atom is -0.347 e. The van der Waals surface area contributed by atoms with Gasteiger partial charge >= 0.3 is 0 Å². The molecule has 0 saturated carbocycles. The SMILES string of the molecule is CCn1cccc1C(=O)NC1CCCCNC1. The summed E-state index contributed by atoms with van der Waals surface area (Å²) in [4.78, 5) is 12.1. The van der Waals surface area contributed by atoms with E-state index in [2.05, 4.69) is 10.6 Å². The molecule has 1 aromatic rings. The molecule has 0 aliphatic carbocycles. The lowest BCUT2D eigenvalue weighted by Gasteiger charge is -2.17. The van der Waals surface area contributed by atoms with Crippen molar-refractivity contribution < 1.29 is 4.79 Å². The number of carbonyl (C=O) groups is 1. The highest BCUT2D eigenvalue weighted by atomic mass is 16.2. The van der Waals surface area contributed by atoms with Crippen LogP contribution in [0.25, 0.3) is 0 Å². The molecule has 4 nitrogen and oxygen atoms in total. The molecule has 17 heavy (non-hydrogen) atoms. The fraction of sp³-hybridized carbons (Fsp3) is 0.615. The molecule has 1 amide bonds. The van der Waals surface area contributed by atoms with Gasteiger partial charge in [-0.2, -0.15) is 0 Å². The molecule has 94 valence electrons. The summed E-state index contributed by atoms with van der Waals surface area (Å²) in [5, 5.41) is 6.47. The number of rotatable bonds is 3. The zero-order valence-electron chi connectivity index (χ0n) is 10.4. The van der Waals surface area contributed by atoms with E-state index in [0.29, 0.717) is 0 Å². The van der Waals surface area contributed by atoms with Gasteiger partial charge in [0.25, 0.3) is 5.91 Å². The summed E-state index contributed by atoms with van der Waals surface area (Å²) in [7, 11) is 0. The third kappa shape index (κ3) is 3.09. The highest BCUT2D eigenvalue weighted by Gasteiger charge is 2.16. The standard InChI is InChI=1S/C13H21N3O/c1-2-16-9-5-7-12(16)13(17)15-11-6-3-4-8-14-10-11/h5,7,9,11,14H,2-4,6,8,10H2,1H3,(H,15,17). The summed E-state index contributed by atoms with van der Waals surface area (Å²) in [6.07, 6.45) is 5.41. The molecule has 2 heterocycles. The Morgan fingerprint density at radius 2 is 2.47 bits per heavy atom. The van der Waals surface area contributed by atoms with Gasteiger partial charge in [-0.1, -0.05) is 6.42 Å². The second kappa shape index (κ2) is 5.87. The van der Waals surface area contributed by atoms with Gasteiger partial charge in [0.1, 0.15) is 5.69 Å². The first-order valence-electron chi connectivity index (χ1n) is 6.48. The Kier molecular flexibility index (Phi) is 4.20. The van der Waals surface area contributed by atoms with Crippen molar-refractivity contribution in [2.45, 2.75) is 38.8 Å². The summed E-state index contributed by atoms with van der Waals surface area (Å²) < 4.78 is 1.97. The maximum atomic E-state index is 12.1. The molecule has 1 saturated heterocycles. The fourth-order valence-corrected chi connectivity index (χ4v) is 2.30. The second-order valence-electron chi connectivity index (χ2n) is 4.55. The lowest BCUT2D eigenvalue weighted by molar-refractivity contribution is 0.0926. The van der Waals surface area contributed by atoms with Crippen molar-refractivity contribution in [3.05, 3.63) is 24.0 Å². The summed E-state index contributed by atoms with van der Waals surface area (Å²) in [5.41, 5.74) is 0.761. The Labute approximate surface area is 102 Å². The molecule has 0 spiro atoms. The molecule has 2 N–H and O–H groups in total. The van der Waals surface area contributed by atoms with Gasteiger partial charge in [-0.15, -0.1) is 0 Å². The van der Waals surface area contributed by atoms with E-state index >= 15 is 0 Å². The molecule has 1 aromatic heterocycles. The predicted molar refractivity (Wildman–Crippen MR) is 68.1 cm³/mol. The average Bonchev–Trinajstić information content (AvgIpc) is 2.68. The molecule has 0 radical (unpaired) electrons. The predicted octanol–water partition coefficient (Wildman–Crippen LogP) is 1.38. The number of aromatic nitrogens is 1. The van der Waals surface area contributed by atoms with Crippen molar-refractivity contribution in [1.29, 1.82) is 0 Å². The maximum absolute atomic E-state index is 12.1. The lowest BCUT2D eigenvalue weighted by atomic mass is 10.1. The van der Waals surface area contributed by atoms with E-state index in [1.54, 1.807) is 0 Å². The van der Waals surface area contributed by atoms with Crippen molar-refractivity contribution in [2.24, 2.45) is 0 Å². The van der Waals surface area contributed by atoms with Crippen LogP contribution in [0, 0.1) is 0 Å². The van der Waals surface area contributed by atoms with Crippen LogP contribution in [0.5, 0.6) is 0 Å². The zero-order valence-corrected chi connectivity index (χ0v) is 10.4. The van der Waals surface area contributed by atoms with Crippen molar-refractivity contribution in [2.75, 3.05) is 13.1 Å². The van der Waals surface area contributed by atoms with Crippen LogP contribution in [0.2, 0.25) is 0 Å². The third-order valence-electron chi connectivity index (χ3n) is 3.28. The molecular weight excluding hydrogens is 214 g/mol. The zero-order chi connectivity index (χ0) is 12.1. The van der Waals surface area contributed by atoms with Crippen LogP contribution in [-0.4, -0.2) is 29.6 Å². The van der Waals surface area contributed by atoms with E-state index in [0.717, 1.165) is 31.7 Å². The first-order chi connectivity index (χ1) is 8.31. The number of aryl methyl sites for hydroxylation is 1. The van der Waals surface area contributed by atoms with Gasteiger partial charge in [0.15, 0.2) is 0 Å². The van der Waals surface area contributed by atoms with Crippen LogP contribution in [0.4, 0.5) is 0 Å². The summed E-state index contributed by atoms with van der Waals surface area (Å²) in [5.74, 6) is 0.0468. The second-order valence-corrected chi connectivity index (χ2v) is 4.55. The first-order valence-corrected chi connectivity index (χ1v) is 6.48. The topological polar surface area (TPSA) is 46.1 Å². The molecule has 1 unspecified atom stereocenters. The van der Waals surface area contributed by atoms with E-state index in [9.17, 15) is 4.79 Å². The molecule has 2 rings (SSSR count). The number of hydrogen-bond donors (Lipinski definition) is 2. The maximum Gasteiger partial charge on any atom is 0.268 e. The van der Waals surface area contributed by atoms with E-state index in [1.807, 2.05) is 29.8 Å². The van der Waals surface area contributed by atoms with Gasteiger partial charge in [0.2, 0.25) is 0 Å². The lowest BCUT2D eigenvalue weighted by Crippen LogP contribution is -2.41. The molecule has 0 aromatic carbocycles. The van der Waals surface area contributed by atoms with Crippen molar-refractivity contribution in [3.8, 4) is 0 Å². The summed E-state index contributed by atoms with van der Waals surface area (Å²) in [6.45, 7) is 4.83. The number of amides is 1. The van der Waals surface area contributed by atoms with E-state index in [1.165, 1.54) is 12.8 Å². The highest BCUT2D eigenvalue weighted by molar-refractivity contribution is 5.92. The molecule has 1 atom stereocenters. The van der Waals surface area contributed by atoms with Gasteiger partial charge in [-0.05, 0) is 38.4 Å². The van der Waals surface area contributed by atoms with Gasteiger partial charge in [-0.3, -0.25) is 4.79 Å². The molecule has 4 heteroatoms. The van der Waals surface area contributed by atoms with Crippen LogP contribution in [0.15, 0.2) is 18.3 Å². The third-order valence-corrected chi connectivity index (χ3v) is 3.28. The molecule has 1 fully saturated rings. The Hall–Kier alpha value is -1.29. The van der Waals surface area contributed by atoms with Gasteiger partial charge < -0.3 is 15.2 Å². The van der Waals surface area contributed by atoms with E-state index in [4.69, 9.17) is 0 Å². The number of nitrogens with zero attached hydrogens (tertiary/aromatic N) is 1. The number of nitrogens with one attached hydrogen (secondary N) is 2. The number of hydrogen-bond acceptors (Lipinski definition) is 2. The van der Waals surface area contributed by atoms with Gasteiger partial charge in [-0.25, -0.2) is 0 Å². The average molecular weight is 235 g/mol. The van der Waals surface area contributed by atoms with Crippen molar-refractivity contribution in [3.63, 3.8) is 0 Å². The summed E-state index contributed by atoms with van der Waals surface area (Å²) in [6, 6.07) is 4.07. The molecule has 1 aliphatic heterocycles. The largest absolute Gasteiger partial charge is 0.347 e. The van der Waals surface area contributed by atoms with E-state index in [-0.39, 0.29) is 11.9 Å². The Bertz CT molecular complexity index is 364. The summed E-state index contributed by atoms with van der Waals surface area (Å²) >= 11 is 0. The fourth-order valence-electron chi connectivity index (χ4n) is 2.30. The van der Waals surface area contributed by atoms with Crippen LogP contribution in [0.3, 0.4) is 0 Å². The monoisotopic (exact) mass is 235 g/mol. The van der Waals surface area contributed by atoms with Crippen LogP contribution >= 0.6 is 0 Å².